The normalized spacial score (nSPS) is 17.5. The van der Waals surface area contributed by atoms with Gasteiger partial charge in [0.2, 0.25) is 17.1 Å². The third-order valence-electron chi connectivity index (χ3n) is 13.5. The molecule has 5 amide bonds. The standard InChI is InChI=1S/C15H25NO4.C10H17NO3.C9H16O3.C6H11NO2.C5H9BrO.C4H7ClO.C4H8O2/c1-9(2)11-8-20-13(19)16(11)12(18)15(6,7)14(4,5)10(3)17;1-6(2)8-5-14-10(13)11(8)9(12)7(3)4;1-6(10)8(2,3)9(4,5)7(11)12;1-4(2)5-3-9-6(8)7-5;1-4(7)5(2,3)6;2*1-3(2)4(5)6/h9,11H,8H2,1-7H3;6-8H,5H2,1-4H3;1-5H3,(H,11,12);4-5H,3H2,1-2H3,(H,7,8);1-3H3;3H,1-2H3;3H,1-2H3,(H,5,6)/t11-;8-;;5-;;;/m11.1.../s1. The van der Waals surface area contributed by atoms with Crippen molar-refractivity contribution in [2.24, 2.45) is 57.2 Å². The van der Waals surface area contributed by atoms with Crippen molar-refractivity contribution in [3.05, 3.63) is 0 Å². The molecule has 0 radical (unpaired) electrons. The quantitative estimate of drug-likeness (QED) is 0.0878. The van der Waals surface area contributed by atoms with Gasteiger partial charge in [0.05, 0.1) is 39.2 Å². The largest absolute Gasteiger partial charge is 0.481 e. The number of carbonyl (C=O) groups is 11. The molecule has 430 valence electrons. The fourth-order valence-corrected chi connectivity index (χ4v) is 5.09. The summed E-state index contributed by atoms with van der Waals surface area (Å²) in [6.45, 7) is 44.8. The molecule has 0 unspecified atom stereocenters. The number of carbonyl (C=O) groups excluding carboxylic acids is 9. The van der Waals surface area contributed by atoms with Gasteiger partial charge in [0.15, 0.2) is 0 Å². The number of ketones is 3. The highest BCUT2D eigenvalue weighted by atomic mass is 79.9. The second kappa shape index (κ2) is 32.2. The highest BCUT2D eigenvalue weighted by Crippen LogP contribution is 2.42. The summed E-state index contributed by atoms with van der Waals surface area (Å²) in [5, 5.41) is 19.3. The summed E-state index contributed by atoms with van der Waals surface area (Å²) in [7, 11) is 0. The molecule has 0 aromatic carbocycles. The van der Waals surface area contributed by atoms with Gasteiger partial charge in [0, 0.05) is 22.7 Å². The molecule has 3 atom stereocenters. The molecule has 3 aliphatic heterocycles. The van der Waals surface area contributed by atoms with Crippen LogP contribution in [0.3, 0.4) is 0 Å². The zero-order valence-corrected chi connectivity index (χ0v) is 51.4. The van der Waals surface area contributed by atoms with Gasteiger partial charge in [0.1, 0.15) is 37.2 Å². The lowest BCUT2D eigenvalue weighted by Gasteiger charge is -2.41. The number of rotatable bonds is 13. The van der Waals surface area contributed by atoms with E-state index in [4.69, 9.17) is 31.3 Å². The zero-order chi connectivity index (χ0) is 60.2. The molecule has 19 nitrogen and oxygen atoms in total. The average molecular weight is 1140 g/mol. The van der Waals surface area contributed by atoms with Gasteiger partial charge in [0.25, 0.3) is 0 Å². The second-order valence-electron chi connectivity index (χ2n) is 22.8. The van der Waals surface area contributed by atoms with Crippen molar-refractivity contribution in [2.45, 2.75) is 196 Å². The van der Waals surface area contributed by atoms with E-state index in [9.17, 15) is 52.7 Å². The Labute approximate surface area is 455 Å². The number of ether oxygens (including phenoxy) is 3. The molecule has 0 spiro atoms. The Morgan fingerprint density at radius 2 is 0.865 bits per heavy atom. The van der Waals surface area contributed by atoms with Crippen molar-refractivity contribution in [1.82, 2.24) is 15.1 Å². The van der Waals surface area contributed by atoms with Crippen LogP contribution in [0, 0.1) is 57.2 Å². The van der Waals surface area contributed by atoms with Crippen LogP contribution < -0.4 is 5.32 Å². The third-order valence-corrected chi connectivity index (χ3v) is 14.5. The summed E-state index contributed by atoms with van der Waals surface area (Å²) >= 11 is 8.17. The Morgan fingerprint density at radius 1 is 0.541 bits per heavy atom. The first-order chi connectivity index (χ1) is 33.0. The molecular weight excluding hydrogens is 1050 g/mol. The van der Waals surface area contributed by atoms with Crippen molar-refractivity contribution in [2.75, 3.05) is 19.8 Å². The Morgan fingerprint density at radius 3 is 1.07 bits per heavy atom. The van der Waals surface area contributed by atoms with Crippen molar-refractivity contribution in [1.29, 1.82) is 0 Å². The molecule has 74 heavy (non-hydrogen) atoms. The predicted molar refractivity (Wildman–Crippen MR) is 288 cm³/mol. The Balaban J connectivity index is -0.000000405. The zero-order valence-electron chi connectivity index (χ0n) is 49.1. The number of nitrogens with zero attached hydrogens (tertiary/aromatic N) is 2. The van der Waals surface area contributed by atoms with Gasteiger partial charge in [-0.2, -0.15) is 0 Å². The van der Waals surface area contributed by atoms with Gasteiger partial charge in [-0.25, -0.2) is 24.2 Å². The van der Waals surface area contributed by atoms with Crippen molar-refractivity contribution in [3.8, 4) is 0 Å². The highest BCUT2D eigenvalue weighted by molar-refractivity contribution is 9.10. The van der Waals surface area contributed by atoms with E-state index in [1.54, 1.807) is 104 Å². The number of halogens is 2. The summed E-state index contributed by atoms with van der Waals surface area (Å²) < 4.78 is 14.2. The van der Waals surface area contributed by atoms with Crippen LogP contribution in [0.1, 0.15) is 173 Å². The summed E-state index contributed by atoms with van der Waals surface area (Å²) in [6.07, 6.45) is -1.39. The van der Waals surface area contributed by atoms with Crippen LogP contribution >= 0.6 is 27.5 Å². The topological polar surface area (TPSA) is 274 Å². The molecule has 21 heteroatoms. The van der Waals surface area contributed by atoms with E-state index < -0.39 is 45.8 Å². The maximum absolute atomic E-state index is 12.8. The molecule has 3 fully saturated rings. The fraction of sp³-hybridized carbons (Fsp3) is 0.792. The van der Waals surface area contributed by atoms with Gasteiger partial charge < -0.3 is 29.7 Å². The monoisotopic (exact) mass is 1140 g/mol. The van der Waals surface area contributed by atoms with Crippen LogP contribution in [-0.2, 0) is 52.6 Å². The first-order valence-electron chi connectivity index (χ1n) is 24.8. The number of amides is 5. The number of imide groups is 2. The third kappa shape index (κ3) is 24.5. The van der Waals surface area contributed by atoms with Crippen molar-refractivity contribution in [3.63, 3.8) is 0 Å². The van der Waals surface area contributed by atoms with Gasteiger partial charge in [-0.1, -0.05) is 141 Å². The van der Waals surface area contributed by atoms with Gasteiger partial charge >= 0.3 is 30.2 Å². The summed E-state index contributed by atoms with van der Waals surface area (Å²) in [4.78, 5) is 124. The maximum Gasteiger partial charge on any atom is 0.417 e. The minimum atomic E-state index is -1.02. The predicted octanol–water partition coefficient (Wildman–Crippen LogP) is 10.6. The second-order valence-corrected chi connectivity index (χ2v) is 25.2. The highest BCUT2D eigenvalue weighted by Gasteiger charge is 2.53. The molecule has 0 saturated carbocycles. The van der Waals surface area contributed by atoms with Gasteiger partial charge in [-0.05, 0) is 77.8 Å². The van der Waals surface area contributed by atoms with Crippen molar-refractivity contribution < 1.29 is 77.2 Å². The first kappa shape index (κ1) is 76.1. The number of hydrogen-bond acceptors (Lipinski definition) is 14. The number of nitrogens with one attached hydrogen (secondary N) is 1. The molecule has 0 bridgehead atoms. The maximum atomic E-state index is 12.8. The van der Waals surface area contributed by atoms with E-state index in [2.05, 4.69) is 39.8 Å². The van der Waals surface area contributed by atoms with Crippen LogP contribution in [-0.4, -0.2) is 127 Å². The fourth-order valence-electron chi connectivity index (χ4n) is 5.09. The van der Waals surface area contributed by atoms with E-state index in [1.165, 1.54) is 23.6 Å². The average Bonchev–Trinajstić information content (AvgIpc) is 3.98. The van der Waals surface area contributed by atoms with E-state index >= 15 is 0 Å². The number of aliphatic carboxylic acids is 2. The van der Waals surface area contributed by atoms with E-state index in [0.29, 0.717) is 19.1 Å². The van der Waals surface area contributed by atoms with Crippen molar-refractivity contribution >= 4 is 92.2 Å². The van der Waals surface area contributed by atoms with Crippen LogP contribution in [0.5, 0.6) is 0 Å². The number of Topliss-reactive ketones (excluding diaryl/α,β-unsaturated/α-hetero) is 3. The number of cyclic esters (lactones) is 3. The van der Waals surface area contributed by atoms with Crippen LogP contribution in [0.4, 0.5) is 14.4 Å². The van der Waals surface area contributed by atoms with Crippen LogP contribution in [0.15, 0.2) is 0 Å². The lowest BCUT2D eigenvalue weighted by Crippen LogP contribution is -2.54. The molecule has 0 aromatic rings. The first-order valence-corrected chi connectivity index (χ1v) is 25.9. The smallest absolute Gasteiger partial charge is 0.417 e. The van der Waals surface area contributed by atoms with Crippen LogP contribution in [0.25, 0.3) is 0 Å². The number of alkyl halides is 1. The number of carboxylic acid groups (broad SMARTS) is 2. The van der Waals surface area contributed by atoms with Crippen LogP contribution in [0.2, 0.25) is 0 Å². The molecule has 3 aliphatic rings. The summed E-state index contributed by atoms with van der Waals surface area (Å²) in [5.74, 6) is -1.80. The number of hydrogen-bond donors (Lipinski definition) is 3. The number of alkyl carbamates (subject to hydrolysis) is 1. The van der Waals surface area contributed by atoms with Gasteiger partial charge in [-0.15, -0.1) is 0 Å². The van der Waals surface area contributed by atoms with Gasteiger partial charge in [-0.3, -0.25) is 38.4 Å². The minimum absolute atomic E-state index is 0.0216. The lowest BCUT2D eigenvalue weighted by atomic mass is 9.65. The summed E-state index contributed by atoms with van der Waals surface area (Å²) in [5.41, 5.74) is -3.67. The van der Waals surface area contributed by atoms with E-state index in [-0.39, 0.29) is 99.1 Å². The SMILES string of the molecule is CC(=O)C(C)(C)Br.CC(=O)C(C)(C)C(C)(C)C(=O)N1C(=O)OC[C@@H]1C(C)C.CC(=O)C(C)(C)C(C)(C)C(=O)O.CC(C)C(=O)Cl.CC(C)C(=O)N1C(=O)OC[C@@H]1C(C)C.CC(C)C(=O)O.CC(C)[C@H]1COC(=O)N1. The molecule has 0 aromatic heterocycles. The Bertz CT molecular complexity index is 1890. The molecule has 3 rings (SSSR count). The molecule has 3 heterocycles. The molecule has 0 aliphatic carbocycles. The summed E-state index contributed by atoms with van der Waals surface area (Å²) in [6, 6.07) is -0.146. The number of carboxylic acids is 2. The lowest BCUT2D eigenvalue weighted by molar-refractivity contribution is -0.158. The Hall–Kier alpha value is -4.46. The molecule has 3 N–H and O–H groups in total. The van der Waals surface area contributed by atoms with E-state index in [0.717, 1.165) is 0 Å². The molecule has 3 saturated heterocycles. The molecular formula is C53H93BrClN3O16. The minimum Gasteiger partial charge on any atom is -0.481 e. The van der Waals surface area contributed by atoms with E-state index in [1.807, 2.05) is 41.5 Å². The Kier molecular flexibility index (Phi) is 33.1.